The highest BCUT2D eigenvalue weighted by atomic mass is 16.4. The number of hydrogen-bond donors (Lipinski definition) is 2. The highest BCUT2D eigenvalue weighted by Gasteiger charge is 2.04. The number of carboxylic acid groups (broad SMARTS) is 1. The Hall–Kier alpha value is -1.61. The van der Waals surface area contributed by atoms with Crippen LogP contribution in [0.3, 0.4) is 0 Å². The molecule has 1 unspecified atom stereocenters. The Kier molecular flexibility index (Phi) is 5.59. The Labute approximate surface area is 109 Å². The zero-order chi connectivity index (χ0) is 13.5. The van der Waals surface area contributed by atoms with Crippen LogP contribution < -0.4 is 5.32 Å². The summed E-state index contributed by atoms with van der Waals surface area (Å²) in [5.41, 5.74) is 2.91. The van der Waals surface area contributed by atoms with Crippen LogP contribution in [0.2, 0.25) is 0 Å². The molecule has 3 heteroatoms. The second-order valence-electron chi connectivity index (χ2n) is 4.42. The molecule has 0 aliphatic rings. The van der Waals surface area contributed by atoms with Crippen LogP contribution in [0.25, 0.3) is 0 Å². The molecular weight excluding hydrogens is 226 g/mol. The summed E-state index contributed by atoms with van der Waals surface area (Å²) in [7, 11) is 0. The number of carbonyl (C=O) groups is 1. The number of aryl methyl sites for hydroxylation is 1. The number of nitrogens with one attached hydrogen (secondary N) is 1. The predicted octanol–water partition coefficient (Wildman–Crippen LogP) is 2.93. The number of carboxylic acids is 1. The molecule has 0 aromatic heterocycles. The van der Waals surface area contributed by atoms with E-state index in [1.165, 1.54) is 11.1 Å². The molecule has 0 fully saturated rings. The largest absolute Gasteiger partial charge is 0.478 e. The van der Waals surface area contributed by atoms with E-state index in [0.717, 1.165) is 6.42 Å². The van der Waals surface area contributed by atoms with Gasteiger partial charge in [0.05, 0.1) is 0 Å². The van der Waals surface area contributed by atoms with Crippen molar-refractivity contribution in [3.05, 3.63) is 47.0 Å². The van der Waals surface area contributed by atoms with Gasteiger partial charge in [0.25, 0.3) is 0 Å². The van der Waals surface area contributed by atoms with Crippen molar-refractivity contribution in [2.75, 3.05) is 6.54 Å². The summed E-state index contributed by atoms with van der Waals surface area (Å²) in [6.45, 7) is 6.38. The van der Waals surface area contributed by atoms with Crippen LogP contribution in [-0.4, -0.2) is 17.6 Å². The van der Waals surface area contributed by atoms with Gasteiger partial charge in [-0.15, -0.1) is 0 Å². The Morgan fingerprint density at radius 2 is 2.00 bits per heavy atom. The Balaban J connectivity index is 2.52. The topological polar surface area (TPSA) is 49.3 Å². The van der Waals surface area contributed by atoms with Gasteiger partial charge in [-0.3, -0.25) is 0 Å². The van der Waals surface area contributed by atoms with E-state index in [9.17, 15) is 4.79 Å². The first-order valence-corrected chi connectivity index (χ1v) is 6.26. The smallest absolute Gasteiger partial charge is 0.330 e. The molecular formula is C15H21NO2. The Morgan fingerprint density at radius 1 is 1.39 bits per heavy atom. The lowest BCUT2D eigenvalue weighted by Crippen LogP contribution is -2.19. The minimum atomic E-state index is -0.864. The number of hydrogen-bond acceptors (Lipinski definition) is 2. The molecule has 3 nitrogen and oxygen atoms in total. The molecule has 98 valence electrons. The van der Waals surface area contributed by atoms with Crippen molar-refractivity contribution in [3.8, 4) is 0 Å². The molecule has 0 heterocycles. The summed E-state index contributed by atoms with van der Waals surface area (Å²) < 4.78 is 0. The zero-order valence-electron chi connectivity index (χ0n) is 11.2. The molecule has 1 atom stereocenters. The van der Waals surface area contributed by atoms with E-state index >= 15 is 0 Å². The van der Waals surface area contributed by atoms with Crippen molar-refractivity contribution in [2.24, 2.45) is 0 Å². The van der Waals surface area contributed by atoms with Crippen LogP contribution in [0.4, 0.5) is 0 Å². The molecule has 1 aromatic carbocycles. The van der Waals surface area contributed by atoms with Crippen LogP contribution in [0.1, 0.15) is 37.9 Å². The summed E-state index contributed by atoms with van der Waals surface area (Å²) in [6, 6.07) is 8.71. The quantitative estimate of drug-likeness (QED) is 0.760. The van der Waals surface area contributed by atoms with Gasteiger partial charge in [0, 0.05) is 18.2 Å². The monoisotopic (exact) mass is 247 g/mol. The summed E-state index contributed by atoms with van der Waals surface area (Å²) in [5.74, 6) is -0.864. The van der Waals surface area contributed by atoms with E-state index in [-0.39, 0.29) is 6.04 Å². The van der Waals surface area contributed by atoms with Crippen molar-refractivity contribution >= 4 is 5.97 Å². The normalized spacial score (nSPS) is 13.4. The molecule has 0 amide bonds. The molecule has 0 aliphatic heterocycles. The molecule has 0 saturated carbocycles. The van der Waals surface area contributed by atoms with Crippen LogP contribution in [0.5, 0.6) is 0 Å². The van der Waals surface area contributed by atoms with Crippen molar-refractivity contribution in [2.45, 2.75) is 33.2 Å². The number of rotatable bonds is 6. The van der Waals surface area contributed by atoms with Gasteiger partial charge in [-0.05, 0) is 31.4 Å². The average molecular weight is 247 g/mol. The van der Waals surface area contributed by atoms with E-state index < -0.39 is 5.97 Å². The molecule has 1 rings (SSSR count). The molecule has 18 heavy (non-hydrogen) atoms. The lowest BCUT2D eigenvalue weighted by atomic mass is 10.1. The van der Waals surface area contributed by atoms with Gasteiger partial charge in [0.15, 0.2) is 0 Å². The summed E-state index contributed by atoms with van der Waals surface area (Å²) in [5, 5.41) is 12.0. The maximum atomic E-state index is 10.6. The minimum absolute atomic E-state index is 0.216. The van der Waals surface area contributed by atoms with E-state index in [0.29, 0.717) is 12.1 Å². The van der Waals surface area contributed by atoms with Gasteiger partial charge in [-0.25, -0.2) is 4.79 Å². The number of benzene rings is 1. The highest BCUT2D eigenvalue weighted by molar-refractivity contribution is 5.85. The van der Waals surface area contributed by atoms with Crippen molar-refractivity contribution in [1.82, 2.24) is 5.32 Å². The van der Waals surface area contributed by atoms with Gasteiger partial charge in [-0.2, -0.15) is 0 Å². The highest BCUT2D eigenvalue weighted by Crippen LogP contribution is 2.13. The zero-order valence-corrected chi connectivity index (χ0v) is 11.2. The van der Waals surface area contributed by atoms with E-state index in [4.69, 9.17) is 5.11 Å². The van der Waals surface area contributed by atoms with Crippen LogP contribution in [-0.2, 0) is 11.2 Å². The van der Waals surface area contributed by atoms with Crippen LogP contribution in [0.15, 0.2) is 35.9 Å². The second-order valence-corrected chi connectivity index (χ2v) is 4.42. The van der Waals surface area contributed by atoms with E-state index in [1.807, 2.05) is 0 Å². The van der Waals surface area contributed by atoms with Crippen molar-refractivity contribution in [3.63, 3.8) is 0 Å². The Bertz CT molecular complexity index is 421. The minimum Gasteiger partial charge on any atom is -0.478 e. The van der Waals surface area contributed by atoms with Gasteiger partial charge in [0.2, 0.25) is 0 Å². The van der Waals surface area contributed by atoms with Gasteiger partial charge >= 0.3 is 5.97 Å². The van der Waals surface area contributed by atoms with Gasteiger partial charge in [0.1, 0.15) is 0 Å². The third-order valence-corrected chi connectivity index (χ3v) is 3.06. The van der Waals surface area contributed by atoms with Gasteiger partial charge in [-0.1, -0.05) is 37.3 Å². The average Bonchev–Trinajstić information content (AvgIpc) is 2.38. The first-order valence-electron chi connectivity index (χ1n) is 6.26. The van der Waals surface area contributed by atoms with Crippen molar-refractivity contribution < 1.29 is 9.90 Å². The number of aliphatic carboxylic acids is 1. The standard InChI is InChI=1S/C15H21NO2/c1-4-13-5-7-14(8-6-13)12(3)16-10-9-11(2)15(17)18/h5-9,12,16H,4,10H2,1-3H3,(H,17,18)/b11-9-. The molecule has 0 radical (unpaired) electrons. The SMILES string of the molecule is CCc1ccc(C(C)NC/C=C(/C)C(=O)O)cc1. The van der Waals surface area contributed by atoms with Crippen LogP contribution >= 0.6 is 0 Å². The maximum absolute atomic E-state index is 10.6. The van der Waals surface area contributed by atoms with E-state index in [1.54, 1.807) is 13.0 Å². The fraction of sp³-hybridized carbons (Fsp3) is 0.400. The summed E-state index contributed by atoms with van der Waals surface area (Å²) in [4.78, 5) is 10.6. The Morgan fingerprint density at radius 3 is 2.50 bits per heavy atom. The van der Waals surface area contributed by atoms with Gasteiger partial charge < -0.3 is 10.4 Å². The molecule has 2 N–H and O–H groups in total. The predicted molar refractivity (Wildman–Crippen MR) is 73.6 cm³/mol. The first-order chi connectivity index (χ1) is 8.54. The van der Waals surface area contributed by atoms with E-state index in [2.05, 4.69) is 43.4 Å². The lowest BCUT2D eigenvalue weighted by molar-refractivity contribution is -0.132. The lowest BCUT2D eigenvalue weighted by Gasteiger charge is -2.13. The second kappa shape index (κ2) is 6.97. The molecule has 1 aromatic rings. The van der Waals surface area contributed by atoms with Crippen LogP contribution in [0, 0.1) is 0 Å². The summed E-state index contributed by atoms with van der Waals surface area (Å²) >= 11 is 0. The third kappa shape index (κ3) is 4.34. The molecule has 0 saturated heterocycles. The fourth-order valence-corrected chi connectivity index (χ4v) is 1.64. The van der Waals surface area contributed by atoms with Crippen molar-refractivity contribution in [1.29, 1.82) is 0 Å². The fourth-order valence-electron chi connectivity index (χ4n) is 1.64. The third-order valence-electron chi connectivity index (χ3n) is 3.06. The maximum Gasteiger partial charge on any atom is 0.330 e. The summed E-state index contributed by atoms with van der Waals surface area (Å²) in [6.07, 6.45) is 2.74. The first kappa shape index (κ1) is 14.5. The molecule has 0 bridgehead atoms. The molecule has 0 spiro atoms. The molecule has 0 aliphatic carbocycles.